The van der Waals surface area contributed by atoms with Gasteiger partial charge >= 0.3 is 11.9 Å². The lowest BCUT2D eigenvalue weighted by atomic mass is 9.91. The van der Waals surface area contributed by atoms with Gasteiger partial charge in [0.2, 0.25) is 0 Å². The summed E-state index contributed by atoms with van der Waals surface area (Å²) in [7, 11) is 0. The SMILES string of the molecule is CCCCCC(=O)OC(C)(C)COC(=O)C(C)(C)CC. The van der Waals surface area contributed by atoms with Crippen LogP contribution in [0.15, 0.2) is 0 Å². The van der Waals surface area contributed by atoms with Crippen molar-refractivity contribution < 1.29 is 19.1 Å². The Morgan fingerprint density at radius 3 is 2.10 bits per heavy atom. The third-order valence-corrected chi connectivity index (χ3v) is 3.36. The van der Waals surface area contributed by atoms with E-state index in [1.807, 2.05) is 20.8 Å². The first-order valence-corrected chi connectivity index (χ1v) is 7.53. The Balaban J connectivity index is 4.19. The Hall–Kier alpha value is -1.06. The Bertz CT molecular complexity index is 318. The van der Waals surface area contributed by atoms with Crippen molar-refractivity contribution in [3.63, 3.8) is 0 Å². The molecule has 0 rings (SSSR count). The Morgan fingerprint density at radius 2 is 1.60 bits per heavy atom. The summed E-state index contributed by atoms with van der Waals surface area (Å²) < 4.78 is 10.6. The second-order valence-electron chi connectivity index (χ2n) is 6.50. The fourth-order valence-electron chi connectivity index (χ4n) is 1.49. The Kier molecular flexibility index (Phi) is 7.84. The lowest BCUT2D eigenvalue weighted by Crippen LogP contribution is -2.37. The van der Waals surface area contributed by atoms with E-state index >= 15 is 0 Å². The molecular weight excluding hydrogens is 256 g/mol. The van der Waals surface area contributed by atoms with Crippen molar-refractivity contribution in [1.82, 2.24) is 0 Å². The van der Waals surface area contributed by atoms with E-state index in [1.54, 1.807) is 13.8 Å². The quantitative estimate of drug-likeness (QED) is 0.477. The minimum Gasteiger partial charge on any atom is -0.461 e. The molecule has 0 N–H and O–H groups in total. The summed E-state index contributed by atoms with van der Waals surface area (Å²) in [6.07, 6.45) is 4.07. The van der Waals surface area contributed by atoms with Gasteiger partial charge in [-0.05, 0) is 40.5 Å². The second kappa shape index (κ2) is 8.28. The maximum absolute atomic E-state index is 11.9. The summed E-state index contributed by atoms with van der Waals surface area (Å²) in [5.74, 6) is -0.482. The first kappa shape index (κ1) is 18.9. The summed E-state index contributed by atoms with van der Waals surface area (Å²) in [6, 6.07) is 0. The largest absolute Gasteiger partial charge is 0.461 e. The standard InChI is InChI=1S/C16H30O4/c1-7-9-10-11-13(17)20-16(5,6)12-19-14(18)15(3,4)8-2/h7-12H2,1-6H3. The van der Waals surface area contributed by atoms with E-state index in [0.717, 1.165) is 19.3 Å². The smallest absolute Gasteiger partial charge is 0.311 e. The van der Waals surface area contributed by atoms with Gasteiger partial charge in [-0.1, -0.05) is 26.7 Å². The van der Waals surface area contributed by atoms with Crippen LogP contribution < -0.4 is 0 Å². The van der Waals surface area contributed by atoms with E-state index in [1.165, 1.54) is 0 Å². The molecule has 0 fully saturated rings. The first-order chi connectivity index (χ1) is 9.14. The number of carbonyl (C=O) groups is 2. The molecule has 0 aliphatic rings. The van der Waals surface area contributed by atoms with Gasteiger partial charge in [-0.3, -0.25) is 9.59 Å². The average Bonchev–Trinajstić information content (AvgIpc) is 2.35. The maximum Gasteiger partial charge on any atom is 0.311 e. The Morgan fingerprint density at radius 1 is 1.00 bits per heavy atom. The highest BCUT2D eigenvalue weighted by Gasteiger charge is 2.31. The topological polar surface area (TPSA) is 52.6 Å². The van der Waals surface area contributed by atoms with Crippen LogP contribution in [0, 0.1) is 5.41 Å². The molecule has 0 spiro atoms. The molecule has 0 aliphatic heterocycles. The monoisotopic (exact) mass is 286 g/mol. The molecule has 0 aromatic rings. The van der Waals surface area contributed by atoms with Gasteiger partial charge in [0.25, 0.3) is 0 Å². The Labute approximate surface area is 123 Å². The van der Waals surface area contributed by atoms with Crippen molar-refractivity contribution >= 4 is 11.9 Å². The molecule has 118 valence electrons. The normalized spacial score (nSPS) is 12.1. The minimum atomic E-state index is -0.775. The fourth-order valence-corrected chi connectivity index (χ4v) is 1.49. The highest BCUT2D eigenvalue weighted by molar-refractivity contribution is 5.76. The number of hydrogen-bond acceptors (Lipinski definition) is 4. The minimum absolute atomic E-state index is 0.0920. The van der Waals surface area contributed by atoms with Gasteiger partial charge in [-0.25, -0.2) is 0 Å². The molecule has 0 heterocycles. The van der Waals surface area contributed by atoms with Crippen molar-refractivity contribution in [1.29, 1.82) is 0 Å². The van der Waals surface area contributed by atoms with E-state index in [0.29, 0.717) is 12.8 Å². The van der Waals surface area contributed by atoms with E-state index < -0.39 is 11.0 Å². The molecule has 0 aliphatic carbocycles. The fraction of sp³-hybridized carbons (Fsp3) is 0.875. The number of rotatable bonds is 9. The molecule has 0 aromatic carbocycles. The third-order valence-electron chi connectivity index (χ3n) is 3.36. The summed E-state index contributed by atoms with van der Waals surface area (Å²) >= 11 is 0. The van der Waals surface area contributed by atoms with Crippen LogP contribution in [-0.4, -0.2) is 24.1 Å². The molecule has 4 heteroatoms. The molecule has 0 aromatic heterocycles. The van der Waals surface area contributed by atoms with Gasteiger partial charge in [-0.2, -0.15) is 0 Å². The van der Waals surface area contributed by atoms with Crippen molar-refractivity contribution in [3.05, 3.63) is 0 Å². The van der Waals surface area contributed by atoms with E-state index in [4.69, 9.17) is 9.47 Å². The van der Waals surface area contributed by atoms with Crippen LogP contribution in [0.1, 0.15) is 73.6 Å². The third kappa shape index (κ3) is 7.51. The predicted molar refractivity (Wildman–Crippen MR) is 79.3 cm³/mol. The summed E-state index contributed by atoms with van der Waals surface area (Å²) in [6.45, 7) is 11.3. The molecule has 0 unspecified atom stereocenters. The zero-order valence-corrected chi connectivity index (χ0v) is 13.9. The van der Waals surface area contributed by atoms with Gasteiger partial charge in [0.05, 0.1) is 5.41 Å². The summed E-state index contributed by atoms with van der Waals surface area (Å²) in [5.41, 5.74) is -1.27. The van der Waals surface area contributed by atoms with Crippen LogP contribution in [-0.2, 0) is 19.1 Å². The molecule has 4 nitrogen and oxygen atoms in total. The van der Waals surface area contributed by atoms with Crippen molar-refractivity contribution in [3.8, 4) is 0 Å². The molecule has 20 heavy (non-hydrogen) atoms. The van der Waals surface area contributed by atoms with Crippen molar-refractivity contribution in [2.45, 2.75) is 79.2 Å². The van der Waals surface area contributed by atoms with E-state index in [9.17, 15) is 9.59 Å². The first-order valence-electron chi connectivity index (χ1n) is 7.53. The van der Waals surface area contributed by atoms with E-state index in [2.05, 4.69) is 6.92 Å². The summed E-state index contributed by atoms with van der Waals surface area (Å²) in [4.78, 5) is 23.5. The van der Waals surface area contributed by atoms with Gasteiger partial charge in [0.1, 0.15) is 12.2 Å². The molecule has 0 saturated heterocycles. The highest BCUT2D eigenvalue weighted by atomic mass is 16.6. The molecule has 0 saturated carbocycles. The number of hydrogen-bond donors (Lipinski definition) is 0. The lowest BCUT2D eigenvalue weighted by molar-refractivity contribution is -0.173. The number of ether oxygens (including phenoxy) is 2. The molecule has 0 atom stereocenters. The summed E-state index contributed by atoms with van der Waals surface area (Å²) in [5, 5.41) is 0. The highest BCUT2D eigenvalue weighted by Crippen LogP contribution is 2.23. The van der Waals surface area contributed by atoms with Gasteiger partial charge in [0, 0.05) is 6.42 Å². The van der Waals surface area contributed by atoms with Crippen molar-refractivity contribution in [2.75, 3.05) is 6.61 Å². The van der Waals surface area contributed by atoms with Crippen LogP contribution in [0.25, 0.3) is 0 Å². The molecule has 0 bridgehead atoms. The zero-order valence-electron chi connectivity index (χ0n) is 13.9. The van der Waals surface area contributed by atoms with Crippen LogP contribution in [0.4, 0.5) is 0 Å². The van der Waals surface area contributed by atoms with Crippen LogP contribution in [0.5, 0.6) is 0 Å². The lowest BCUT2D eigenvalue weighted by Gasteiger charge is -2.27. The van der Waals surface area contributed by atoms with Gasteiger partial charge < -0.3 is 9.47 Å². The second-order valence-corrected chi connectivity index (χ2v) is 6.50. The van der Waals surface area contributed by atoms with Crippen LogP contribution in [0.3, 0.4) is 0 Å². The average molecular weight is 286 g/mol. The molecular formula is C16H30O4. The zero-order chi connectivity index (χ0) is 15.8. The number of esters is 2. The number of unbranched alkanes of at least 4 members (excludes halogenated alkanes) is 2. The molecule has 0 radical (unpaired) electrons. The van der Waals surface area contributed by atoms with E-state index in [-0.39, 0.29) is 18.5 Å². The van der Waals surface area contributed by atoms with Gasteiger partial charge in [0.15, 0.2) is 0 Å². The van der Waals surface area contributed by atoms with Gasteiger partial charge in [-0.15, -0.1) is 0 Å². The van der Waals surface area contributed by atoms with Crippen LogP contribution >= 0.6 is 0 Å². The van der Waals surface area contributed by atoms with Crippen LogP contribution in [0.2, 0.25) is 0 Å². The maximum atomic E-state index is 11.9. The number of carbonyl (C=O) groups excluding carboxylic acids is 2. The predicted octanol–water partition coefficient (Wildman–Crippen LogP) is 3.87. The van der Waals surface area contributed by atoms with Crippen molar-refractivity contribution in [2.24, 2.45) is 5.41 Å². The molecule has 0 amide bonds.